The lowest BCUT2D eigenvalue weighted by atomic mass is 10.2. The van der Waals surface area contributed by atoms with Gasteiger partial charge in [0.15, 0.2) is 0 Å². The molecule has 10 heteroatoms. The zero-order chi connectivity index (χ0) is 23.9. The summed E-state index contributed by atoms with van der Waals surface area (Å²) in [6.45, 7) is 1.67. The van der Waals surface area contributed by atoms with Crippen molar-refractivity contribution in [1.82, 2.24) is 15.0 Å². The van der Waals surface area contributed by atoms with Crippen LogP contribution in [-0.4, -0.2) is 26.9 Å². The maximum absolute atomic E-state index is 13.2. The van der Waals surface area contributed by atoms with Crippen molar-refractivity contribution in [3.8, 4) is 0 Å². The van der Waals surface area contributed by atoms with Gasteiger partial charge in [0, 0.05) is 17.1 Å². The van der Waals surface area contributed by atoms with Gasteiger partial charge in [-0.3, -0.25) is 4.79 Å². The zero-order valence-corrected chi connectivity index (χ0v) is 18.1. The molecular weight excluding hydrogens is 440 g/mol. The topological polar surface area (TPSA) is 104 Å². The van der Waals surface area contributed by atoms with Gasteiger partial charge in [0.2, 0.25) is 23.8 Å². The molecule has 0 fully saturated rings. The molecule has 0 radical (unpaired) electrons. The van der Waals surface area contributed by atoms with E-state index in [1.807, 2.05) is 18.2 Å². The minimum Gasteiger partial charge on any atom is -0.342 e. The number of carbonyl (C=O) groups is 1. The van der Waals surface area contributed by atoms with Crippen LogP contribution in [0.2, 0.25) is 0 Å². The highest BCUT2D eigenvalue weighted by molar-refractivity contribution is 5.96. The molecule has 0 unspecified atom stereocenters. The summed E-state index contributed by atoms with van der Waals surface area (Å²) in [6.07, 6.45) is 0. The largest absolute Gasteiger partial charge is 0.342 e. The van der Waals surface area contributed by atoms with E-state index in [-0.39, 0.29) is 35.4 Å². The Kier molecular flexibility index (Phi) is 6.87. The third-order valence-corrected chi connectivity index (χ3v) is 4.62. The molecule has 0 spiro atoms. The Bertz CT molecular complexity index is 1190. The first-order chi connectivity index (χ1) is 16.4. The molecule has 4 N–H and O–H groups in total. The molecule has 0 aliphatic rings. The number of halogens is 2. The van der Waals surface area contributed by atoms with E-state index in [0.29, 0.717) is 17.1 Å². The van der Waals surface area contributed by atoms with Crippen LogP contribution in [0, 0.1) is 11.6 Å². The van der Waals surface area contributed by atoms with Crippen LogP contribution >= 0.6 is 0 Å². The number of carbonyl (C=O) groups excluding carboxylic acids is 1. The van der Waals surface area contributed by atoms with Gasteiger partial charge in [0.25, 0.3) is 0 Å². The molecule has 1 atom stereocenters. The van der Waals surface area contributed by atoms with Gasteiger partial charge in [-0.1, -0.05) is 18.2 Å². The van der Waals surface area contributed by atoms with Crippen molar-refractivity contribution >= 4 is 40.8 Å². The molecule has 172 valence electrons. The van der Waals surface area contributed by atoms with Crippen LogP contribution < -0.4 is 21.3 Å². The summed E-state index contributed by atoms with van der Waals surface area (Å²) in [6, 6.07) is 19.7. The van der Waals surface area contributed by atoms with Gasteiger partial charge in [-0.15, -0.1) is 0 Å². The number of nitrogens with one attached hydrogen (secondary N) is 4. The summed E-state index contributed by atoms with van der Waals surface area (Å²) < 4.78 is 26.5. The molecule has 1 aromatic heterocycles. The molecule has 0 saturated carbocycles. The highest BCUT2D eigenvalue weighted by atomic mass is 19.1. The van der Waals surface area contributed by atoms with Crippen LogP contribution in [0.5, 0.6) is 0 Å². The van der Waals surface area contributed by atoms with Crippen molar-refractivity contribution < 1.29 is 13.6 Å². The SMILES string of the molecule is C[C@@H](Nc1nc(Nc2ccc(F)cc2)nc(Nc2ccc(F)cc2)n1)C(=O)Nc1ccccc1. The average Bonchev–Trinajstić information content (AvgIpc) is 2.82. The van der Waals surface area contributed by atoms with Gasteiger partial charge in [0.05, 0.1) is 0 Å². The third-order valence-electron chi connectivity index (χ3n) is 4.62. The van der Waals surface area contributed by atoms with Gasteiger partial charge < -0.3 is 21.3 Å². The van der Waals surface area contributed by atoms with E-state index in [1.54, 1.807) is 19.1 Å². The molecule has 0 saturated heterocycles. The van der Waals surface area contributed by atoms with E-state index in [4.69, 9.17) is 0 Å². The minimum absolute atomic E-state index is 0.125. The lowest BCUT2D eigenvalue weighted by Gasteiger charge is -2.16. The van der Waals surface area contributed by atoms with Crippen LogP contribution in [0.4, 0.5) is 43.7 Å². The molecule has 1 heterocycles. The van der Waals surface area contributed by atoms with Crippen molar-refractivity contribution in [2.45, 2.75) is 13.0 Å². The number of nitrogens with zero attached hydrogens (tertiary/aromatic N) is 3. The van der Waals surface area contributed by atoms with Crippen LogP contribution in [0.15, 0.2) is 78.9 Å². The van der Waals surface area contributed by atoms with Crippen LogP contribution in [0.3, 0.4) is 0 Å². The molecule has 4 rings (SSSR count). The van der Waals surface area contributed by atoms with E-state index < -0.39 is 6.04 Å². The normalized spacial score (nSPS) is 11.4. The quantitative estimate of drug-likeness (QED) is 0.290. The fraction of sp³-hybridized carbons (Fsp3) is 0.0833. The Hall–Kier alpha value is -4.60. The molecule has 0 aliphatic carbocycles. The summed E-state index contributed by atoms with van der Waals surface area (Å²) in [5.41, 5.74) is 1.77. The first-order valence-corrected chi connectivity index (χ1v) is 10.4. The number of rotatable bonds is 8. The number of amides is 1. The minimum atomic E-state index is -0.681. The number of para-hydroxylation sites is 1. The van der Waals surface area contributed by atoms with Gasteiger partial charge in [-0.25, -0.2) is 8.78 Å². The van der Waals surface area contributed by atoms with E-state index in [1.165, 1.54) is 48.5 Å². The molecular formula is C24H21F2N7O. The predicted octanol–water partition coefficient (Wildman–Crippen LogP) is 5.08. The van der Waals surface area contributed by atoms with Crippen molar-refractivity contribution in [2.75, 3.05) is 21.3 Å². The molecule has 3 aromatic carbocycles. The zero-order valence-electron chi connectivity index (χ0n) is 18.1. The Balaban J connectivity index is 1.55. The van der Waals surface area contributed by atoms with Gasteiger partial charge in [-0.05, 0) is 67.6 Å². The van der Waals surface area contributed by atoms with Gasteiger partial charge >= 0.3 is 0 Å². The fourth-order valence-electron chi connectivity index (χ4n) is 2.91. The standard InChI is InChI=1S/C24H21F2N7O/c1-15(21(34)28-18-5-3-2-4-6-18)27-22-31-23(29-19-11-7-16(25)8-12-19)33-24(32-22)30-20-13-9-17(26)10-14-20/h2-15H,1H3,(H,28,34)(H3,27,29,30,31,32,33)/t15-/m1/s1. The van der Waals surface area contributed by atoms with E-state index >= 15 is 0 Å². The average molecular weight is 461 g/mol. The molecule has 8 nitrogen and oxygen atoms in total. The fourth-order valence-corrected chi connectivity index (χ4v) is 2.91. The van der Waals surface area contributed by atoms with Gasteiger partial charge in [-0.2, -0.15) is 15.0 Å². The van der Waals surface area contributed by atoms with Crippen molar-refractivity contribution in [2.24, 2.45) is 0 Å². The highest BCUT2D eigenvalue weighted by Gasteiger charge is 2.16. The van der Waals surface area contributed by atoms with Crippen molar-refractivity contribution in [1.29, 1.82) is 0 Å². The molecule has 1 amide bonds. The lowest BCUT2D eigenvalue weighted by molar-refractivity contribution is -0.116. The number of aromatic nitrogens is 3. The third kappa shape index (κ3) is 6.22. The predicted molar refractivity (Wildman–Crippen MR) is 127 cm³/mol. The summed E-state index contributed by atoms with van der Waals surface area (Å²) in [5, 5.41) is 11.7. The smallest absolute Gasteiger partial charge is 0.246 e. The van der Waals surface area contributed by atoms with Gasteiger partial charge in [0.1, 0.15) is 17.7 Å². The Morgan fingerprint density at radius 3 is 1.65 bits per heavy atom. The second-order valence-corrected chi connectivity index (χ2v) is 7.29. The first-order valence-electron chi connectivity index (χ1n) is 10.4. The number of benzene rings is 3. The molecule has 0 bridgehead atoms. The molecule has 4 aromatic rings. The number of anilines is 6. The Morgan fingerprint density at radius 2 is 1.15 bits per heavy atom. The Labute approximate surface area is 194 Å². The Morgan fingerprint density at radius 1 is 0.676 bits per heavy atom. The highest BCUT2D eigenvalue weighted by Crippen LogP contribution is 2.20. The summed E-state index contributed by atoms with van der Waals surface area (Å²) in [4.78, 5) is 25.5. The summed E-state index contributed by atoms with van der Waals surface area (Å²) >= 11 is 0. The maximum Gasteiger partial charge on any atom is 0.246 e. The number of hydrogen-bond donors (Lipinski definition) is 4. The summed E-state index contributed by atoms with van der Waals surface area (Å²) in [5.74, 6) is -0.595. The van der Waals surface area contributed by atoms with Crippen molar-refractivity contribution in [3.05, 3.63) is 90.5 Å². The van der Waals surface area contributed by atoms with E-state index in [0.717, 1.165) is 0 Å². The first kappa shape index (κ1) is 22.6. The monoisotopic (exact) mass is 461 g/mol. The van der Waals surface area contributed by atoms with Crippen LogP contribution in [-0.2, 0) is 4.79 Å². The second-order valence-electron chi connectivity index (χ2n) is 7.29. The molecule has 34 heavy (non-hydrogen) atoms. The van der Waals surface area contributed by atoms with E-state index in [9.17, 15) is 13.6 Å². The second kappa shape index (κ2) is 10.3. The lowest BCUT2D eigenvalue weighted by Crippen LogP contribution is -2.32. The molecule has 0 aliphatic heterocycles. The maximum atomic E-state index is 13.2. The number of hydrogen-bond acceptors (Lipinski definition) is 7. The van der Waals surface area contributed by atoms with Crippen LogP contribution in [0.1, 0.15) is 6.92 Å². The van der Waals surface area contributed by atoms with E-state index in [2.05, 4.69) is 36.2 Å². The summed E-state index contributed by atoms with van der Waals surface area (Å²) in [7, 11) is 0. The van der Waals surface area contributed by atoms with Crippen molar-refractivity contribution in [3.63, 3.8) is 0 Å². The van der Waals surface area contributed by atoms with Crippen LogP contribution in [0.25, 0.3) is 0 Å².